The number of piperazine rings is 1. The van der Waals surface area contributed by atoms with Gasteiger partial charge in [-0.2, -0.15) is 0 Å². The zero-order valence-electron chi connectivity index (χ0n) is 16.6. The van der Waals surface area contributed by atoms with E-state index in [1.54, 1.807) is 12.5 Å². The van der Waals surface area contributed by atoms with Crippen LogP contribution in [0.4, 0.5) is 0 Å². The normalized spacial score (nSPS) is 19.6. The number of nitrogens with zero attached hydrogens (tertiary/aromatic N) is 2. The predicted octanol–water partition coefficient (Wildman–Crippen LogP) is 4.69. The van der Waals surface area contributed by atoms with Crippen molar-refractivity contribution in [3.05, 3.63) is 77.3 Å². The minimum atomic E-state index is 0.664. The first-order chi connectivity index (χ1) is 14.3. The standard InChI is InChI=1S/C23H27ClN2O3/c24-20-9-4-5-10-21(20)27-16-6-11-25-12-14-26(15-13-25)23-18-28-22(17-29-23)19-7-2-1-3-8-19/h1-2,4-5,7,9-10,17-18H,3,6,8,11-16H2. The Hall–Kier alpha value is -2.37. The Bertz CT molecular complexity index is 823. The second kappa shape index (κ2) is 9.90. The molecule has 0 N–H and O–H groups in total. The highest BCUT2D eigenvalue weighted by Crippen LogP contribution is 2.26. The first kappa shape index (κ1) is 19.9. The van der Waals surface area contributed by atoms with E-state index < -0.39 is 0 Å². The molecule has 4 rings (SSSR count). The Labute approximate surface area is 177 Å². The van der Waals surface area contributed by atoms with E-state index in [0.29, 0.717) is 11.6 Å². The minimum absolute atomic E-state index is 0.664. The van der Waals surface area contributed by atoms with E-state index in [1.165, 1.54) is 5.57 Å². The summed E-state index contributed by atoms with van der Waals surface area (Å²) in [6.45, 7) is 5.54. The highest BCUT2D eigenvalue weighted by Gasteiger charge is 2.22. The molecule has 3 aliphatic rings. The molecule has 0 amide bonds. The lowest BCUT2D eigenvalue weighted by atomic mass is 10.0. The molecule has 0 bridgehead atoms. The second-order valence-corrected chi connectivity index (χ2v) is 7.70. The molecule has 0 aromatic heterocycles. The molecular formula is C23H27ClN2O3. The molecule has 0 atom stereocenters. The summed E-state index contributed by atoms with van der Waals surface area (Å²) in [6, 6.07) is 7.60. The van der Waals surface area contributed by atoms with Gasteiger partial charge in [0.1, 0.15) is 12.0 Å². The quantitative estimate of drug-likeness (QED) is 0.604. The third-order valence-corrected chi connectivity index (χ3v) is 5.61. The number of hydrogen-bond donors (Lipinski definition) is 0. The van der Waals surface area contributed by atoms with Crippen molar-refractivity contribution in [2.24, 2.45) is 0 Å². The molecule has 1 aromatic carbocycles. The summed E-state index contributed by atoms with van der Waals surface area (Å²) in [5.74, 6) is 2.37. The topological polar surface area (TPSA) is 34.2 Å². The summed E-state index contributed by atoms with van der Waals surface area (Å²) in [5, 5.41) is 0.664. The first-order valence-corrected chi connectivity index (χ1v) is 10.6. The summed E-state index contributed by atoms with van der Waals surface area (Å²) in [4.78, 5) is 4.69. The molecule has 0 saturated carbocycles. The summed E-state index contributed by atoms with van der Waals surface area (Å²) in [6.07, 6.45) is 12.8. The van der Waals surface area contributed by atoms with Crippen molar-refractivity contribution < 1.29 is 14.2 Å². The summed E-state index contributed by atoms with van der Waals surface area (Å²) >= 11 is 6.12. The van der Waals surface area contributed by atoms with E-state index in [1.807, 2.05) is 24.3 Å². The molecule has 6 heteroatoms. The van der Waals surface area contributed by atoms with Gasteiger partial charge in [-0.25, -0.2) is 0 Å². The SMILES string of the molecule is Clc1ccccc1OCCCN1CCN(C2=COC(C3=CC=CCC3)=CO2)CC1. The molecule has 0 spiro atoms. The fourth-order valence-corrected chi connectivity index (χ4v) is 3.81. The molecule has 29 heavy (non-hydrogen) atoms. The van der Waals surface area contributed by atoms with Crippen LogP contribution in [0.2, 0.25) is 5.02 Å². The first-order valence-electron chi connectivity index (χ1n) is 10.2. The van der Waals surface area contributed by atoms with E-state index in [9.17, 15) is 0 Å². The Morgan fingerprint density at radius 2 is 1.90 bits per heavy atom. The predicted molar refractivity (Wildman–Crippen MR) is 114 cm³/mol. The van der Waals surface area contributed by atoms with Crippen molar-refractivity contribution in [1.82, 2.24) is 9.80 Å². The van der Waals surface area contributed by atoms with Crippen LogP contribution < -0.4 is 4.74 Å². The second-order valence-electron chi connectivity index (χ2n) is 7.29. The van der Waals surface area contributed by atoms with Gasteiger partial charge in [-0.3, -0.25) is 4.90 Å². The van der Waals surface area contributed by atoms with Crippen LogP contribution in [-0.4, -0.2) is 49.1 Å². The molecule has 1 aromatic rings. The van der Waals surface area contributed by atoms with Crippen molar-refractivity contribution in [2.45, 2.75) is 19.3 Å². The van der Waals surface area contributed by atoms with Gasteiger partial charge < -0.3 is 19.1 Å². The van der Waals surface area contributed by atoms with E-state index in [4.69, 9.17) is 25.8 Å². The number of ether oxygens (including phenoxy) is 3. The van der Waals surface area contributed by atoms with Gasteiger partial charge in [0.15, 0.2) is 12.0 Å². The van der Waals surface area contributed by atoms with Crippen molar-refractivity contribution in [1.29, 1.82) is 0 Å². The number of rotatable bonds is 7. The van der Waals surface area contributed by atoms with Crippen LogP contribution in [0.25, 0.3) is 0 Å². The fourth-order valence-electron chi connectivity index (χ4n) is 3.62. The van der Waals surface area contributed by atoms with E-state index >= 15 is 0 Å². The molecular weight excluding hydrogens is 388 g/mol. The molecule has 154 valence electrons. The monoisotopic (exact) mass is 414 g/mol. The maximum Gasteiger partial charge on any atom is 0.231 e. The molecule has 0 radical (unpaired) electrons. The Kier molecular flexibility index (Phi) is 6.80. The molecule has 1 saturated heterocycles. The lowest BCUT2D eigenvalue weighted by molar-refractivity contribution is 0.0823. The number of benzene rings is 1. The van der Waals surface area contributed by atoms with E-state index in [-0.39, 0.29) is 0 Å². The number of para-hydroxylation sites is 1. The highest BCUT2D eigenvalue weighted by atomic mass is 35.5. The van der Waals surface area contributed by atoms with Gasteiger partial charge in [0.05, 0.1) is 11.6 Å². The zero-order chi connectivity index (χ0) is 19.9. The van der Waals surface area contributed by atoms with Crippen LogP contribution in [0, 0.1) is 0 Å². The molecule has 2 heterocycles. The lowest BCUT2D eigenvalue weighted by Gasteiger charge is -2.36. The average molecular weight is 415 g/mol. The third-order valence-electron chi connectivity index (χ3n) is 5.30. The Balaban J connectivity index is 1.16. The molecule has 0 unspecified atom stereocenters. The number of hydrogen-bond acceptors (Lipinski definition) is 5. The Morgan fingerprint density at radius 1 is 1.03 bits per heavy atom. The molecule has 2 aliphatic heterocycles. The minimum Gasteiger partial charge on any atom is -0.492 e. The van der Waals surface area contributed by atoms with Crippen molar-refractivity contribution in [2.75, 3.05) is 39.3 Å². The summed E-state index contributed by atoms with van der Waals surface area (Å²) in [5.41, 5.74) is 1.19. The Morgan fingerprint density at radius 3 is 2.62 bits per heavy atom. The van der Waals surface area contributed by atoms with Crippen molar-refractivity contribution in [3.8, 4) is 5.75 Å². The van der Waals surface area contributed by atoms with Gasteiger partial charge >= 0.3 is 0 Å². The number of halogens is 1. The van der Waals surface area contributed by atoms with Gasteiger partial charge in [-0.1, -0.05) is 42.0 Å². The molecule has 1 aliphatic carbocycles. The van der Waals surface area contributed by atoms with Crippen LogP contribution in [0.15, 0.2) is 72.2 Å². The van der Waals surface area contributed by atoms with Gasteiger partial charge in [-0.15, -0.1) is 0 Å². The van der Waals surface area contributed by atoms with Crippen LogP contribution >= 0.6 is 11.6 Å². The zero-order valence-corrected chi connectivity index (χ0v) is 17.3. The molecule has 5 nitrogen and oxygen atoms in total. The van der Waals surface area contributed by atoms with Crippen molar-refractivity contribution >= 4 is 11.6 Å². The third kappa shape index (κ3) is 5.37. The maximum absolute atomic E-state index is 6.12. The van der Waals surface area contributed by atoms with Crippen LogP contribution in [0.3, 0.4) is 0 Å². The van der Waals surface area contributed by atoms with Crippen LogP contribution in [-0.2, 0) is 9.47 Å². The highest BCUT2D eigenvalue weighted by molar-refractivity contribution is 6.32. The van der Waals surface area contributed by atoms with Gasteiger partial charge in [0.2, 0.25) is 5.88 Å². The van der Waals surface area contributed by atoms with Gasteiger partial charge in [0, 0.05) is 32.7 Å². The number of allylic oxidation sites excluding steroid dienone is 4. The average Bonchev–Trinajstić information content (AvgIpc) is 2.79. The maximum atomic E-state index is 6.12. The van der Waals surface area contributed by atoms with Crippen LogP contribution in [0.1, 0.15) is 19.3 Å². The largest absolute Gasteiger partial charge is 0.492 e. The van der Waals surface area contributed by atoms with Gasteiger partial charge in [0.25, 0.3) is 0 Å². The fraction of sp³-hybridized carbons (Fsp3) is 0.391. The lowest BCUT2D eigenvalue weighted by Crippen LogP contribution is -2.46. The van der Waals surface area contributed by atoms with Gasteiger partial charge in [-0.05, 0) is 37.0 Å². The molecule has 1 fully saturated rings. The van der Waals surface area contributed by atoms with E-state index in [0.717, 1.165) is 69.4 Å². The summed E-state index contributed by atoms with van der Waals surface area (Å²) in [7, 11) is 0. The summed E-state index contributed by atoms with van der Waals surface area (Å²) < 4.78 is 17.5. The smallest absolute Gasteiger partial charge is 0.231 e. The van der Waals surface area contributed by atoms with E-state index in [2.05, 4.69) is 28.0 Å². The van der Waals surface area contributed by atoms with Crippen molar-refractivity contribution in [3.63, 3.8) is 0 Å². The van der Waals surface area contributed by atoms with Crippen LogP contribution in [0.5, 0.6) is 5.75 Å².